The summed E-state index contributed by atoms with van der Waals surface area (Å²) in [5.41, 5.74) is -0.673. The highest BCUT2D eigenvalue weighted by Gasteiger charge is 2.41. The highest BCUT2D eigenvalue weighted by atomic mass is 127. The van der Waals surface area contributed by atoms with Crippen LogP contribution in [-0.2, 0) is 4.74 Å². The van der Waals surface area contributed by atoms with Crippen LogP contribution in [0, 0.1) is 5.41 Å². The maximum atomic E-state index is 11.9. The molecule has 4 nitrogen and oxygen atoms in total. The molecular formula is C15H28INO3. The van der Waals surface area contributed by atoms with Crippen molar-refractivity contribution in [1.82, 2.24) is 5.32 Å². The molecule has 0 heterocycles. The topological polar surface area (TPSA) is 58.6 Å². The normalized spacial score (nSPS) is 30.9. The number of rotatable bonds is 4. The molecule has 0 aromatic carbocycles. The second-order valence-corrected chi connectivity index (χ2v) is 8.39. The van der Waals surface area contributed by atoms with E-state index in [2.05, 4.69) is 34.8 Å². The Morgan fingerprint density at radius 3 is 2.25 bits per heavy atom. The summed E-state index contributed by atoms with van der Waals surface area (Å²) in [7, 11) is 0. The van der Waals surface area contributed by atoms with Gasteiger partial charge in [0.2, 0.25) is 0 Å². The number of carbonyl (C=O) groups is 1. The van der Waals surface area contributed by atoms with Gasteiger partial charge in [-0.05, 0) is 58.3 Å². The van der Waals surface area contributed by atoms with Gasteiger partial charge in [0.15, 0.2) is 0 Å². The van der Waals surface area contributed by atoms with Crippen LogP contribution in [0.3, 0.4) is 0 Å². The van der Waals surface area contributed by atoms with Gasteiger partial charge < -0.3 is 15.2 Å². The maximum Gasteiger partial charge on any atom is 0.408 e. The summed E-state index contributed by atoms with van der Waals surface area (Å²) in [5, 5.41) is 12.6. The summed E-state index contributed by atoms with van der Waals surface area (Å²) >= 11 is 2.41. The third-order valence-electron chi connectivity index (χ3n) is 4.18. The first kappa shape index (κ1) is 18.0. The predicted molar refractivity (Wildman–Crippen MR) is 89.3 cm³/mol. The van der Waals surface area contributed by atoms with Crippen LogP contribution in [0.4, 0.5) is 4.79 Å². The second kappa shape index (κ2) is 6.81. The van der Waals surface area contributed by atoms with Gasteiger partial charge in [-0.25, -0.2) is 4.79 Å². The summed E-state index contributed by atoms with van der Waals surface area (Å²) < 4.78 is 6.46. The fourth-order valence-electron chi connectivity index (χ4n) is 2.65. The average molecular weight is 397 g/mol. The number of aliphatic hydroxyl groups excluding tert-OH is 1. The van der Waals surface area contributed by atoms with E-state index < -0.39 is 17.2 Å². The van der Waals surface area contributed by atoms with Gasteiger partial charge in [-0.15, -0.1) is 0 Å². The van der Waals surface area contributed by atoms with Gasteiger partial charge in [0.05, 0.1) is 12.1 Å². The quantitative estimate of drug-likeness (QED) is 0.563. The maximum absolute atomic E-state index is 11.9. The van der Waals surface area contributed by atoms with Crippen molar-refractivity contribution in [2.45, 2.75) is 70.9 Å². The predicted octanol–water partition coefficient (Wildman–Crippen LogP) is 3.65. The van der Waals surface area contributed by atoms with E-state index in [4.69, 9.17) is 4.74 Å². The summed E-state index contributed by atoms with van der Waals surface area (Å²) in [5.74, 6) is 0. The summed E-state index contributed by atoms with van der Waals surface area (Å²) in [6.45, 7) is 7.82. The number of amides is 1. The minimum atomic E-state index is -0.509. The molecule has 0 atom stereocenters. The Balaban J connectivity index is 2.61. The molecule has 1 fully saturated rings. The van der Waals surface area contributed by atoms with Crippen LogP contribution in [0.5, 0.6) is 0 Å². The molecule has 0 aliphatic heterocycles. The van der Waals surface area contributed by atoms with Crippen molar-refractivity contribution in [3.05, 3.63) is 0 Å². The molecule has 1 amide bonds. The van der Waals surface area contributed by atoms with Crippen LogP contribution in [-0.4, -0.2) is 33.4 Å². The number of alkyl carbamates (subject to hydrolysis) is 1. The molecule has 0 aromatic rings. The Labute approximate surface area is 136 Å². The number of halogens is 1. The number of alkyl halides is 1. The Morgan fingerprint density at radius 2 is 1.85 bits per heavy atom. The van der Waals surface area contributed by atoms with Gasteiger partial charge in [0, 0.05) is 4.43 Å². The largest absolute Gasteiger partial charge is 0.444 e. The molecule has 1 aliphatic rings. The van der Waals surface area contributed by atoms with E-state index in [-0.39, 0.29) is 6.61 Å². The van der Waals surface area contributed by atoms with Gasteiger partial charge in [0.1, 0.15) is 5.60 Å². The third kappa shape index (κ3) is 5.39. The Bertz CT molecular complexity index is 331. The van der Waals surface area contributed by atoms with Crippen molar-refractivity contribution < 1.29 is 14.6 Å². The number of carbonyl (C=O) groups excluding carboxylic acids is 1. The van der Waals surface area contributed by atoms with Crippen molar-refractivity contribution in [3.63, 3.8) is 0 Å². The van der Waals surface area contributed by atoms with Crippen molar-refractivity contribution >= 4 is 28.7 Å². The van der Waals surface area contributed by atoms with E-state index >= 15 is 0 Å². The summed E-state index contributed by atoms with van der Waals surface area (Å²) in [4.78, 5) is 11.9. The van der Waals surface area contributed by atoms with Crippen LogP contribution >= 0.6 is 22.6 Å². The standard InChI is InChI=1S/C15H28INO3/c1-13(2,3)20-12(19)17-15(11-18)7-5-14(4,6-8-15)9-10-16/h18H,5-11H2,1-4H3,(H,17,19). The second-order valence-electron chi connectivity index (χ2n) is 7.31. The average Bonchev–Trinajstić information content (AvgIpc) is 2.31. The van der Waals surface area contributed by atoms with Gasteiger partial charge >= 0.3 is 6.09 Å². The molecule has 0 bridgehead atoms. The van der Waals surface area contributed by atoms with Gasteiger partial charge in [0.25, 0.3) is 0 Å². The first-order valence-electron chi connectivity index (χ1n) is 7.32. The molecule has 0 unspecified atom stereocenters. The fraction of sp³-hybridized carbons (Fsp3) is 0.933. The number of hydrogen-bond acceptors (Lipinski definition) is 3. The smallest absolute Gasteiger partial charge is 0.408 e. The molecule has 0 aromatic heterocycles. The van der Waals surface area contributed by atoms with E-state index in [1.165, 1.54) is 6.42 Å². The highest BCUT2D eigenvalue weighted by Crippen LogP contribution is 2.43. The molecule has 0 spiro atoms. The number of ether oxygens (including phenoxy) is 1. The minimum Gasteiger partial charge on any atom is -0.444 e. The molecule has 1 saturated carbocycles. The first-order chi connectivity index (χ1) is 9.14. The Kier molecular flexibility index (Phi) is 6.14. The van der Waals surface area contributed by atoms with E-state index in [0.29, 0.717) is 5.41 Å². The summed E-state index contributed by atoms with van der Waals surface area (Å²) in [6, 6.07) is 0. The van der Waals surface area contributed by atoms with Crippen molar-refractivity contribution in [2.24, 2.45) is 5.41 Å². The Morgan fingerprint density at radius 1 is 1.30 bits per heavy atom. The van der Waals surface area contributed by atoms with Crippen LogP contribution in [0.2, 0.25) is 0 Å². The zero-order valence-corrected chi connectivity index (χ0v) is 15.2. The number of aliphatic hydroxyl groups is 1. The molecule has 0 radical (unpaired) electrons. The molecule has 1 aliphatic carbocycles. The molecule has 0 saturated heterocycles. The van der Waals surface area contributed by atoms with E-state index in [0.717, 1.165) is 30.1 Å². The van der Waals surface area contributed by atoms with Gasteiger partial charge in [-0.2, -0.15) is 0 Å². The van der Waals surface area contributed by atoms with Crippen molar-refractivity contribution in [2.75, 3.05) is 11.0 Å². The fourth-order valence-corrected chi connectivity index (χ4v) is 3.96. The van der Waals surface area contributed by atoms with Gasteiger partial charge in [-0.3, -0.25) is 0 Å². The molecule has 2 N–H and O–H groups in total. The van der Waals surface area contributed by atoms with Crippen LogP contribution in [0.1, 0.15) is 59.8 Å². The molecule has 5 heteroatoms. The third-order valence-corrected chi connectivity index (χ3v) is 4.72. The molecule has 20 heavy (non-hydrogen) atoms. The zero-order chi connectivity index (χ0) is 15.4. The summed E-state index contributed by atoms with van der Waals surface area (Å²) in [6.07, 6.45) is 4.47. The molecular weight excluding hydrogens is 369 g/mol. The first-order valence-corrected chi connectivity index (χ1v) is 8.84. The van der Waals surface area contributed by atoms with E-state index in [1.807, 2.05) is 20.8 Å². The zero-order valence-electron chi connectivity index (χ0n) is 13.1. The van der Waals surface area contributed by atoms with Crippen LogP contribution < -0.4 is 5.32 Å². The van der Waals surface area contributed by atoms with Gasteiger partial charge in [-0.1, -0.05) is 29.5 Å². The van der Waals surface area contributed by atoms with E-state index in [1.54, 1.807) is 0 Å². The lowest BCUT2D eigenvalue weighted by Crippen LogP contribution is -2.55. The Hall–Kier alpha value is -0.0400. The number of nitrogens with one attached hydrogen (secondary N) is 1. The SMILES string of the molecule is CC1(CCI)CCC(CO)(NC(=O)OC(C)(C)C)CC1. The van der Waals surface area contributed by atoms with Crippen molar-refractivity contribution in [3.8, 4) is 0 Å². The minimum absolute atomic E-state index is 0.0213. The highest BCUT2D eigenvalue weighted by molar-refractivity contribution is 14.1. The lowest BCUT2D eigenvalue weighted by atomic mass is 9.67. The molecule has 1 rings (SSSR count). The van der Waals surface area contributed by atoms with E-state index in [9.17, 15) is 9.90 Å². The lowest BCUT2D eigenvalue weighted by molar-refractivity contribution is 0.0237. The monoisotopic (exact) mass is 397 g/mol. The van der Waals surface area contributed by atoms with Crippen LogP contribution in [0.15, 0.2) is 0 Å². The van der Waals surface area contributed by atoms with Crippen molar-refractivity contribution in [1.29, 1.82) is 0 Å². The lowest BCUT2D eigenvalue weighted by Gasteiger charge is -2.44. The molecule has 118 valence electrons. The number of hydrogen-bond donors (Lipinski definition) is 2. The van der Waals surface area contributed by atoms with Crippen LogP contribution in [0.25, 0.3) is 0 Å².